The van der Waals surface area contributed by atoms with Crippen molar-refractivity contribution in [2.75, 3.05) is 11.6 Å². The van der Waals surface area contributed by atoms with E-state index in [1.807, 2.05) is 6.26 Å². The van der Waals surface area contributed by atoms with Gasteiger partial charge in [-0.3, -0.25) is 14.7 Å². The third kappa shape index (κ3) is 2.66. The predicted molar refractivity (Wildman–Crippen MR) is 84.7 cm³/mol. The van der Waals surface area contributed by atoms with Crippen LogP contribution in [-0.4, -0.2) is 32.0 Å². The molecule has 0 atom stereocenters. The third-order valence-electron chi connectivity index (χ3n) is 3.87. The minimum atomic E-state index is -1.25. The molecule has 22 heavy (non-hydrogen) atoms. The van der Waals surface area contributed by atoms with Crippen molar-refractivity contribution in [2.45, 2.75) is 36.9 Å². The lowest BCUT2D eigenvalue weighted by Gasteiger charge is -2.17. The van der Waals surface area contributed by atoms with Crippen LogP contribution in [0.25, 0.3) is 11.0 Å². The van der Waals surface area contributed by atoms with Gasteiger partial charge in [-0.1, -0.05) is 24.6 Å². The maximum Gasteiger partial charge on any atom is 0.409 e. The van der Waals surface area contributed by atoms with Crippen LogP contribution in [0, 0.1) is 0 Å². The van der Waals surface area contributed by atoms with Gasteiger partial charge in [-0.15, -0.1) is 0 Å². The van der Waals surface area contributed by atoms with Crippen molar-refractivity contribution in [1.29, 1.82) is 0 Å². The van der Waals surface area contributed by atoms with E-state index in [4.69, 9.17) is 5.11 Å². The van der Waals surface area contributed by atoms with E-state index in [1.165, 1.54) is 17.8 Å². The van der Waals surface area contributed by atoms with Crippen LogP contribution in [0.4, 0.5) is 10.5 Å². The molecule has 0 bridgehead atoms. The number of carbonyl (C=O) groups is 1. The molecule has 2 aromatic rings. The van der Waals surface area contributed by atoms with Crippen LogP contribution in [0.15, 0.2) is 22.2 Å². The Morgan fingerprint density at radius 1 is 1.45 bits per heavy atom. The highest BCUT2D eigenvalue weighted by atomic mass is 32.2. The van der Waals surface area contributed by atoms with Gasteiger partial charge in [0.25, 0.3) is 5.56 Å². The van der Waals surface area contributed by atoms with Crippen LogP contribution >= 0.6 is 11.8 Å². The molecule has 1 amide bonds. The number of thioether (sulfide) groups is 1. The number of nitrogens with one attached hydrogen (secondary N) is 1. The van der Waals surface area contributed by atoms with E-state index in [1.54, 1.807) is 10.8 Å². The highest BCUT2D eigenvalue weighted by Crippen LogP contribution is 2.31. The smallest absolute Gasteiger partial charge is 0.409 e. The molecule has 2 aromatic heterocycles. The molecule has 8 heteroatoms. The van der Waals surface area contributed by atoms with Crippen molar-refractivity contribution in [1.82, 2.24) is 14.5 Å². The maximum absolute atomic E-state index is 12.7. The van der Waals surface area contributed by atoms with Crippen molar-refractivity contribution in [3.8, 4) is 0 Å². The number of fused-ring (bicyclic) bond motifs is 1. The van der Waals surface area contributed by atoms with E-state index in [0.29, 0.717) is 16.2 Å². The normalized spacial score (nSPS) is 15.3. The van der Waals surface area contributed by atoms with Crippen LogP contribution in [-0.2, 0) is 0 Å². The average Bonchev–Trinajstić information content (AvgIpc) is 3.01. The molecular formula is C14H16N4O3S. The molecule has 1 fully saturated rings. The van der Waals surface area contributed by atoms with Crippen LogP contribution in [0.1, 0.15) is 31.7 Å². The van der Waals surface area contributed by atoms with Crippen molar-refractivity contribution in [2.24, 2.45) is 0 Å². The highest BCUT2D eigenvalue weighted by molar-refractivity contribution is 7.98. The number of hydrogen-bond acceptors (Lipinski definition) is 5. The Morgan fingerprint density at radius 2 is 2.18 bits per heavy atom. The third-order valence-corrected chi connectivity index (χ3v) is 4.43. The summed E-state index contributed by atoms with van der Waals surface area (Å²) in [4.78, 5) is 32.2. The Hall–Kier alpha value is -2.09. The Balaban J connectivity index is 2.26. The lowest BCUT2D eigenvalue weighted by atomic mass is 10.2. The number of carboxylic acid groups (broad SMARTS) is 1. The number of anilines is 1. The molecule has 2 N–H and O–H groups in total. The van der Waals surface area contributed by atoms with Crippen molar-refractivity contribution in [3.63, 3.8) is 0 Å². The minimum Gasteiger partial charge on any atom is -0.465 e. The molecule has 0 unspecified atom stereocenters. The first-order valence-electron chi connectivity index (χ1n) is 7.06. The van der Waals surface area contributed by atoms with E-state index in [9.17, 15) is 9.59 Å². The van der Waals surface area contributed by atoms with Gasteiger partial charge in [-0.05, 0) is 25.2 Å². The topological polar surface area (TPSA) is 97.1 Å². The highest BCUT2D eigenvalue weighted by Gasteiger charge is 2.23. The second kappa shape index (κ2) is 5.96. The quantitative estimate of drug-likeness (QED) is 0.666. The Bertz CT molecular complexity index is 783. The summed E-state index contributed by atoms with van der Waals surface area (Å²) < 4.78 is 1.63. The summed E-state index contributed by atoms with van der Waals surface area (Å²) in [6, 6.07) is 1.57. The number of nitrogens with zero attached hydrogens (tertiary/aromatic N) is 3. The van der Waals surface area contributed by atoms with Gasteiger partial charge in [0, 0.05) is 17.6 Å². The molecule has 3 rings (SSSR count). The standard InChI is InChI=1S/C14H16N4O3S/c1-22-13-15-7-8-6-10(16-14(20)21)12(19)18(11(8)17-13)9-4-2-3-5-9/h6-7,9,16H,2-5H2,1H3,(H,20,21). The summed E-state index contributed by atoms with van der Waals surface area (Å²) >= 11 is 1.41. The fourth-order valence-corrected chi connectivity index (χ4v) is 3.24. The van der Waals surface area contributed by atoms with Gasteiger partial charge >= 0.3 is 6.09 Å². The largest absolute Gasteiger partial charge is 0.465 e. The summed E-state index contributed by atoms with van der Waals surface area (Å²) in [5.41, 5.74) is 0.284. The van der Waals surface area contributed by atoms with Crippen molar-refractivity contribution < 1.29 is 9.90 Å². The Labute approximate surface area is 130 Å². The summed E-state index contributed by atoms with van der Waals surface area (Å²) in [5, 5.41) is 12.3. The lowest BCUT2D eigenvalue weighted by Crippen LogP contribution is -2.28. The monoisotopic (exact) mass is 320 g/mol. The van der Waals surface area contributed by atoms with Crippen LogP contribution in [0.5, 0.6) is 0 Å². The predicted octanol–water partition coefficient (Wildman–Crippen LogP) is 2.72. The molecule has 0 spiro atoms. The second-order valence-electron chi connectivity index (χ2n) is 5.24. The molecule has 0 aliphatic heterocycles. The zero-order valence-corrected chi connectivity index (χ0v) is 12.9. The zero-order valence-electron chi connectivity index (χ0n) is 12.1. The average molecular weight is 320 g/mol. The van der Waals surface area contributed by atoms with E-state index < -0.39 is 6.09 Å². The fourth-order valence-electron chi connectivity index (χ4n) is 2.91. The number of rotatable bonds is 3. The van der Waals surface area contributed by atoms with E-state index >= 15 is 0 Å². The summed E-state index contributed by atoms with van der Waals surface area (Å²) in [6.07, 6.45) is 6.20. The SMILES string of the molecule is CSc1ncc2cc(NC(=O)O)c(=O)n(C3CCCC3)c2n1. The van der Waals surface area contributed by atoms with Gasteiger partial charge in [0.05, 0.1) is 0 Å². The zero-order chi connectivity index (χ0) is 15.7. The van der Waals surface area contributed by atoms with Gasteiger partial charge in [0.1, 0.15) is 11.3 Å². The molecular weight excluding hydrogens is 304 g/mol. The molecule has 1 saturated carbocycles. The Morgan fingerprint density at radius 3 is 2.82 bits per heavy atom. The molecule has 116 valence electrons. The van der Waals surface area contributed by atoms with E-state index in [0.717, 1.165) is 25.7 Å². The number of amides is 1. The van der Waals surface area contributed by atoms with Crippen LogP contribution in [0.3, 0.4) is 0 Å². The number of hydrogen-bond donors (Lipinski definition) is 2. The van der Waals surface area contributed by atoms with Gasteiger partial charge in [0.15, 0.2) is 5.16 Å². The first-order valence-corrected chi connectivity index (χ1v) is 8.29. The molecule has 1 aliphatic carbocycles. The molecule has 2 heterocycles. The van der Waals surface area contributed by atoms with Gasteiger partial charge in [0.2, 0.25) is 0 Å². The molecule has 0 saturated heterocycles. The van der Waals surface area contributed by atoms with Gasteiger partial charge < -0.3 is 5.11 Å². The lowest BCUT2D eigenvalue weighted by molar-refractivity contribution is 0.209. The molecule has 1 aliphatic rings. The second-order valence-corrected chi connectivity index (χ2v) is 6.01. The summed E-state index contributed by atoms with van der Waals surface area (Å²) in [7, 11) is 0. The van der Waals surface area contributed by atoms with Gasteiger partial charge in [-0.2, -0.15) is 0 Å². The molecule has 0 radical (unpaired) electrons. The van der Waals surface area contributed by atoms with E-state index in [-0.39, 0.29) is 17.3 Å². The van der Waals surface area contributed by atoms with Crippen molar-refractivity contribution in [3.05, 3.63) is 22.6 Å². The van der Waals surface area contributed by atoms with Gasteiger partial charge in [-0.25, -0.2) is 14.8 Å². The number of aromatic nitrogens is 3. The molecule has 7 nitrogen and oxygen atoms in total. The van der Waals surface area contributed by atoms with Crippen molar-refractivity contribution >= 4 is 34.6 Å². The fraction of sp³-hybridized carbons (Fsp3) is 0.429. The minimum absolute atomic E-state index is 0.0485. The number of pyridine rings is 1. The summed E-state index contributed by atoms with van der Waals surface area (Å²) in [5.74, 6) is 0. The Kier molecular flexibility index (Phi) is 4.02. The first-order chi connectivity index (χ1) is 10.6. The van der Waals surface area contributed by atoms with Crippen LogP contribution < -0.4 is 10.9 Å². The van der Waals surface area contributed by atoms with E-state index in [2.05, 4.69) is 15.3 Å². The molecule has 0 aromatic carbocycles. The van der Waals surface area contributed by atoms with Crippen LogP contribution in [0.2, 0.25) is 0 Å². The first kappa shape index (κ1) is 14.8. The maximum atomic E-state index is 12.7. The summed E-state index contributed by atoms with van der Waals surface area (Å²) in [6.45, 7) is 0.